The molecule has 0 aromatic heterocycles. The second-order valence-corrected chi connectivity index (χ2v) is 5.41. The molecule has 4 nitrogen and oxygen atoms in total. The molecule has 0 saturated carbocycles. The quantitative estimate of drug-likeness (QED) is 0.818. The first-order valence-corrected chi connectivity index (χ1v) is 7.11. The van der Waals surface area contributed by atoms with Crippen molar-refractivity contribution in [1.29, 1.82) is 0 Å². The Kier molecular flexibility index (Phi) is 3.84. The standard InChI is InChI=1S/C15H22N2O2/c18-15(13-4-2-1-3-5-13)6-7-16-12-14(15)17-8-10-19-11-9-17/h1-5,14,16,18H,6-12H2/t14-,15+/m1/s1. The fourth-order valence-corrected chi connectivity index (χ4v) is 3.24. The lowest BCUT2D eigenvalue weighted by molar-refractivity contribution is -0.0958. The summed E-state index contributed by atoms with van der Waals surface area (Å²) in [6.45, 7) is 5.04. The van der Waals surface area contributed by atoms with Crippen LogP contribution in [0.4, 0.5) is 0 Å². The highest BCUT2D eigenvalue weighted by molar-refractivity contribution is 5.25. The van der Waals surface area contributed by atoms with Crippen LogP contribution >= 0.6 is 0 Å². The molecule has 104 valence electrons. The van der Waals surface area contributed by atoms with E-state index in [0.29, 0.717) is 0 Å². The lowest BCUT2D eigenvalue weighted by Gasteiger charge is -2.47. The monoisotopic (exact) mass is 262 g/mol. The van der Waals surface area contributed by atoms with Crippen LogP contribution in [0.2, 0.25) is 0 Å². The second kappa shape index (κ2) is 5.59. The van der Waals surface area contributed by atoms with Crippen molar-refractivity contribution in [3.05, 3.63) is 35.9 Å². The number of nitrogens with one attached hydrogen (secondary N) is 1. The predicted molar refractivity (Wildman–Crippen MR) is 74.0 cm³/mol. The van der Waals surface area contributed by atoms with E-state index in [9.17, 15) is 5.11 Å². The summed E-state index contributed by atoms with van der Waals surface area (Å²) in [5.41, 5.74) is 0.289. The Morgan fingerprint density at radius 3 is 2.68 bits per heavy atom. The summed E-state index contributed by atoms with van der Waals surface area (Å²) in [7, 11) is 0. The van der Waals surface area contributed by atoms with Crippen LogP contribution in [0.3, 0.4) is 0 Å². The Morgan fingerprint density at radius 2 is 1.95 bits per heavy atom. The summed E-state index contributed by atoms with van der Waals surface area (Å²) in [4.78, 5) is 2.36. The Bertz CT molecular complexity index is 406. The smallest absolute Gasteiger partial charge is 0.107 e. The molecular weight excluding hydrogens is 240 g/mol. The third-order valence-electron chi connectivity index (χ3n) is 4.33. The summed E-state index contributed by atoms with van der Waals surface area (Å²) in [5, 5.41) is 14.6. The summed E-state index contributed by atoms with van der Waals surface area (Å²) in [5.74, 6) is 0. The van der Waals surface area contributed by atoms with E-state index in [4.69, 9.17) is 4.74 Å². The van der Waals surface area contributed by atoms with E-state index >= 15 is 0 Å². The van der Waals surface area contributed by atoms with Crippen LogP contribution in [0, 0.1) is 0 Å². The van der Waals surface area contributed by atoms with Crippen molar-refractivity contribution in [3.63, 3.8) is 0 Å². The molecular formula is C15H22N2O2. The van der Waals surface area contributed by atoms with Crippen LogP contribution in [0.25, 0.3) is 0 Å². The van der Waals surface area contributed by atoms with Crippen LogP contribution in [0.15, 0.2) is 30.3 Å². The number of hydrogen-bond acceptors (Lipinski definition) is 4. The average molecular weight is 262 g/mol. The Balaban J connectivity index is 1.87. The largest absolute Gasteiger partial charge is 0.383 e. The van der Waals surface area contributed by atoms with E-state index < -0.39 is 5.60 Å². The Labute approximate surface area is 114 Å². The van der Waals surface area contributed by atoms with Crippen molar-refractivity contribution in [2.24, 2.45) is 0 Å². The van der Waals surface area contributed by atoms with Gasteiger partial charge in [-0.25, -0.2) is 0 Å². The molecule has 3 rings (SSSR count). The topological polar surface area (TPSA) is 44.7 Å². The maximum Gasteiger partial charge on any atom is 0.107 e. The molecule has 19 heavy (non-hydrogen) atoms. The van der Waals surface area contributed by atoms with E-state index in [1.165, 1.54) is 0 Å². The molecule has 0 unspecified atom stereocenters. The molecule has 0 spiro atoms. The summed E-state index contributed by atoms with van der Waals surface area (Å²) < 4.78 is 5.42. The molecule has 4 heteroatoms. The molecule has 0 radical (unpaired) electrons. The molecule has 2 aliphatic heterocycles. The Morgan fingerprint density at radius 1 is 1.21 bits per heavy atom. The lowest BCUT2D eigenvalue weighted by atomic mass is 9.80. The number of hydrogen-bond donors (Lipinski definition) is 2. The van der Waals surface area contributed by atoms with Gasteiger partial charge in [0.05, 0.1) is 19.3 Å². The number of benzene rings is 1. The molecule has 2 fully saturated rings. The van der Waals surface area contributed by atoms with Crippen LogP contribution in [-0.2, 0) is 10.3 Å². The first-order valence-electron chi connectivity index (χ1n) is 7.11. The van der Waals surface area contributed by atoms with E-state index in [1.807, 2.05) is 30.3 Å². The number of nitrogens with zero attached hydrogens (tertiary/aromatic N) is 1. The fraction of sp³-hybridized carbons (Fsp3) is 0.600. The van der Waals surface area contributed by atoms with Gasteiger partial charge < -0.3 is 15.2 Å². The van der Waals surface area contributed by atoms with Gasteiger partial charge in [-0.15, -0.1) is 0 Å². The fourth-order valence-electron chi connectivity index (χ4n) is 3.24. The van der Waals surface area contributed by atoms with E-state index in [2.05, 4.69) is 10.2 Å². The number of morpholine rings is 1. The van der Waals surface area contributed by atoms with Crippen molar-refractivity contribution in [2.45, 2.75) is 18.1 Å². The van der Waals surface area contributed by atoms with Gasteiger partial charge >= 0.3 is 0 Å². The number of aliphatic hydroxyl groups is 1. The first-order chi connectivity index (χ1) is 9.31. The van der Waals surface area contributed by atoms with Crippen molar-refractivity contribution in [3.8, 4) is 0 Å². The van der Waals surface area contributed by atoms with Crippen molar-refractivity contribution >= 4 is 0 Å². The molecule has 2 atom stereocenters. The van der Waals surface area contributed by atoms with Crippen molar-refractivity contribution in [2.75, 3.05) is 39.4 Å². The van der Waals surface area contributed by atoms with Gasteiger partial charge in [0.2, 0.25) is 0 Å². The normalized spacial score (nSPS) is 33.2. The van der Waals surface area contributed by atoms with Gasteiger partial charge in [0.25, 0.3) is 0 Å². The third kappa shape index (κ3) is 2.54. The van der Waals surface area contributed by atoms with Crippen LogP contribution in [0.5, 0.6) is 0 Å². The van der Waals surface area contributed by atoms with Gasteiger partial charge in [0.1, 0.15) is 5.60 Å². The molecule has 0 bridgehead atoms. The van der Waals surface area contributed by atoms with Crippen LogP contribution in [0.1, 0.15) is 12.0 Å². The molecule has 0 aliphatic carbocycles. The molecule has 1 aromatic rings. The SMILES string of the molecule is O[C@]1(c2ccccc2)CCNC[C@H]1N1CCOCC1. The van der Waals surface area contributed by atoms with Crippen LogP contribution in [-0.4, -0.2) is 55.4 Å². The minimum absolute atomic E-state index is 0.132. The van der Waals surface area contributed by atoms with Gasteiger partial charge in [0.15, 0.2) is 0 Å². The maximum absolute atomic E-state index is 11.2. The maximum atomic E-state index is 11.2. The minimum Gasteiger partial charge on any atom is -0.383 e. The number of piperidine rings is 1. The number of ether oxygens (including phenoxy) is 1. The zero-order valence-corrected chi connectivity index (χ0v) is 11.2. The summed E-state index contributed by atoms with van der Waals surface area (Å²) >= 11 is 0. The summed E-state index contributed by atoms with van der Waals surface area (Å²) in [6, 6.07) is 10.2. The lowest BCUT2D eigenvalue weighted by Crippen LogP contribution is -2.61. The summed E-state index contributed by atoms with van der Waals surface area (Å²) in [6.07, 6.45) is 0.763. The zero-order valence-electron chi connectivity index (χ0n) is 11.2. The molecule has 0 amide bonds. The van der Waals surface area contributed by atoms with Gasteiger partial charge in [-0.1, -0.05) is 30.3 Å². The van der Waals surface area contributed by atoms with Gasteiger partial charge in [0, 0.05) is 19.6 Å². The van der Waals surface area contributed by atoms with E-state index in [1.54, 1.807) is 0 Å². The molecule has 1 aromatic carbocycles. The average Bonchev–Trinajstić information content (AvgIpc) is 2.49. The zero-order chi connectivity index (χ0) is 13.1. The molecule has 2 aliphatic rings. The first kappa shape index (κ1) is 13.1. The highest BCUT2D eigenvalue weighted by atomic mass is 16.5. The number of rotatable bonds is 2. The molecule has 2 heterocycles. The minimum atomic E-state index is -0.746. The van der Waals surface area contributed by atoms with Gasteiger partial charge in [-0.05, 0) is 18.5 Å². The van der Waals surface area contributed by atoms with Crippen molar-refractivity contribution < 1.29 is 9.84 Å². The molecule has 2 saturated heterocycles. The van der Waals surface area contributed by atoms with Crippen molar-refractivity contribution in [1.82, 2.24) is 10.2 Å². The van der Waals surface area contributed by atoms with Crippen LogP contribution < -0.4 is 5.32 Å². The highest BCUT2D eigenvalue weighted by Gasteiger charge is 2.43. The van der Waals surface area contributed by atoms with E-state index in [-0.39, 0.29) is 6.04 Å². The van der Waals surface area contributed by atoms with E-state index in [0.717, 1.165) is 51.4 Å². The second-order valence-electron chi connectivity index (χ2n) is 5.41. The van der Waals surface area contributed by atoms with Gasteiger partial charge in [-0.3, -0.25) is 4.90 Å². The highest BCUT2D eigenvalue weighted by Crippen LogP contribution is 2.33. The molecule has 2 N–H and O–H groups in total. The third-order valence-corrected chi connectivity index (χ3v) is 4.33. The predicted octanol–water partition coefficient (Wildman–Crippen LogP) is 0.568. The van der Waals surface area contributed by atoms with Gasteiger partial charge in [-0.2, -0.15) is 0 Å². The Hall–Kier alpha value is -0.940.